The molecule has 5 nitrogen and oxygen atoms in total. The van der Waals surface area contributed by atoms with Crippen LogP contribution in [0.4, 0.5) is 0 Å². The van der Waals surface area contributed by atoms with E-state index in [2.05, 4.69) is 18.2 Å². The van der Waals surface area contributed by atoms with Crippen molar-refractivity contribution in [1.29, 1.82) is 0 Å². The van der Waals surface area contributed by atoms with Crippen LogP contribution in [0.25, 0.3) is 0 Å². The molecule has 0 aromatic rings. The van der Waals surface area contributed by atoms with Crippen LogP contribution in [0.1, 0.15) is 110 Å². The monoisotopic (exact) mass is 402 g/mol. The molecule has 28 heavy (non-hydrogen) atoms. The number of aliphatic hydroxyl groups is 2. The number of carboxylic acid groups (broad SMARTS) is 1. The van der Waals surface area contributed by atoms with Gasteiger partial charge in [0, 0.05) is 6.42 Å². The summed E-state index contributed by atoms with van der Waals surface area (Å²) in [6, 6.07) is 0. The highest BCUT2D eigenvalue weighted by molar-refractivity contribution is 5.66. The van der Waals surface area contributed by atoms with E-state index in [0.29, 0.717) is 6.42 Å². The van der Waals surface area contributed by atoms with Crippen molar-refractivity contribution in [2.75, 3.05) is 13.2 Å². The molecule has 0 amide bonds. The third-order valence-electron chi connectivity index (χ3n) is 4.61. The third kappa shape index (κ3) is 29.7. The van der Waals surface area contributed by atoms with E-state index in [4.69, 9.17) is 15.3 Å². The summed E-state index contributed by atoms with van der Waals surface area (Å²) in [6.45, 7) is 5.36. The van der Waals surface area contributed by atoms with Gasteiger partial charge in [-0.1, -0.05) is 103 Å². The Morgan fingerprint density at radius 1 is 0.857 bits per heavy atom. The van der Waals surface area contributed by atoms with Crippen LogP contribution in [0, 0.1) is 0 Å². The predicted molar refractivity (Wildman–Crippen MR) is 116 cm³/mol. The normalized spacial score (nSPS) is 11.4. The fraction of sp³-hybridized carbons (Fsp3) is 0.870. The Morgan fingerprint density at radius 3 is 1.57 bits per heavy atom. The number of aliphatic carboxylic acids is 1. The van der Waals surface area contributed by atoms with Crippen molar-refractivity contribution >= 4 is 5.97 Å². The second kappa shape index (κ2) is 25.9. The number of hydrogen-bond donors (Lipinski definition) is 3. The summed E-state index contributed by atoms with van der Waals surface area (Å²) in [5.41, 5.74) is 0. The average Bonchev–Trinajstić information content (AvgIpc) is 2.69. The van der Waals surface area contributed by atoms with Crippen molar-refractivity contribution in [3.05, 3.63) is 12.8 Å². The summed E-state index contributed by atoms with van der Waals surface area (Å²) in [4.78, 5) is 10.3. The highest BCUT2D eigenvalue weighted by atomic mass is 16.5. The molecule has 0 aromatic heterocycles. The van der Waals surface area contributed by atoms with E-state index in [-0.39, 0.29) is 13.2 Å². The largest absolute Gasteiger partial charge is 0.499 e. The molecule has 0 heterocycles. The van der Waals surface area contributed by atoms with Gasteiger partial charge < -0.3 is 20.1 Å². The van der Waals surface area contributed by atoms with Gasteiger partial charge in [-0.2, -0.15) is 0 Å². The Hall–Kier alpha value is -1.07. The van der Waals surface area contributed by atoms with Gasteiger partial charge in [-0.3, -0.25) is 4.79 Å². The Balaban J connectivity index is 0. The summed E-state index contributed by atoms with van der Waals surface area (Å²) in [5.74, 6) is -0.653. The first-order chi connectivity index (χ1) is 13.6. The zero-order valence-electron chi connectivity index (χ0n) is 18.2. The van der Waals surface area contributed by atoms with Crippen molar-refractivity contribution in [3.8, 4) is 0 Å². The lowest BCUT2D eigenvalue weighted by atomic mass is 10.0. The van der Waals surface area contributed by atoms with Crippen molar-refractivity contribution in [2.24, 2.45) is 0 Å². The molecule has 0 saturated heterocycles. The molecule has 0 aliphatic carbocycles. The van der Waals surface area contributed by atoms with Crippen LogP contribution >= 0.6 is 0 Å². The fourth-order valence-electron chi connectivity index (χ4n) is 2.88. The molecular formula is C23H46O5. The molecule has 0 spiro atoms. The Labute approximate surface area is 173 Å². The van der Waals surface area contributed by atoms with Crippen LogP contribution in [0.5, 0.6) is 0 Å². The molecule has 0 aromatic carbocycles. The first kappa shape index (κ1) is 29.1. The van der Waals surface area contributed by atoms with Gasteiger partial charge in [0.1, 0.15) is 12.7 Å². The maximum absolute atomic E-state index is 10.3. The second-order valence-electron chi connectivity index (χ2n) is 7.43. The summed E-state index contributed by atoms with van der Waals surface area (Å²) in [7, 11) is 0. The molecule has 0 radical (unpaired) electrons. The van der Waals surface area contributed by atoms with E-state index in [1.165, 1.54) is 89.7 Å². The molecule has 0 aliphatic heterocycles. The highest BCUT2D eigenvalue weighted by Gasteiger charge is 1.98. The van der Waals surface area contributed by atoms with E-state index in [1.807, 2.05) is 0 Å². The molecule has 1 unspecified atom stereocenters. The van der Waals surface area contributed by atoms with Crippen molar-refractivity contribution < 1.29 is 24.9 Å². The fourth-order valence-corrected chi connectivity index (χ4v) is 2.88. The molecule has 5 heteroatoms. The first-order valence-electron chi connectivity index (χ1n) is 11.3. The zero-order valence-corrected chi connectivity index (χ0v) is 18.2. The van der Waals surface area contributed by atoms with Crippen LogP contribution in [-0.2, 0) is 9.53 Å². The lowest BCUT2D eigenvalue weighted by molar-refractivity contribution is -0.137. The maximum Gasteiger partial charge on any atom is 0.303 e. The van der Waals surface area contributed by atoms with Gasteiger partial charge in [0.2, 0.25) is 0 Å². The minimum Gasteiger partial charge on any atom is -0.499 e. The van der Waals surface area contributed by atoms with Crippen molar-refractivity contribution in [1.82, 2.24) is 0 Å². The van der Waals surface area contributed by atoms with E-state index in [0.717, 1.165) is 12.8 Å². The predicted octanol–water partition coefficient (Wildman–Crippen LogP) is 5.83. The number of aliphatic hydroxyl groups excluding tert-OH is 2. The summed E-state index contributed by atoms with van der Waals surface area (Å²) >= 11 is 0. The zero-order chi connectivity index (χ0) is 21.3. The molecule has 3 N–H and O–H groups in total. The van der Waals surface area contributed by atoms with Gasteiger partial charge in [-0.25, -0.2) is 0 Å². The van der Waals surface area contributed by atoms with E-state index < -0.39 is 12.1 Å². The van der Waals surface area contributed by atoms with Crippen LogP contribution < -0.4 is 0 Å². The van der Waals surface area contributed by atoms with Crippen LogP contribution in [0.3, 0.4) is 0 Å². The third-order valence-corrected chi connectivity index (χ3v) is 4.61. The summed E-state index contributed by atoms with van der Waals surface area (Å²) in [6.07, 6.45) is 20.6. The SMILES string of the molecule is C=COCC(O)CO.CCCCCCCCCCCCCCCCCC(=O)O. The Kier molecular flexibility index (Phi) is 27.0. The van der Waals surface area contributed by atoms with Crippen molar-refractivity contribution in [2.45, 2.75) is 116 Å². The minimum atomic E-state index is -0.784. The van der Waals surface area contributed by atoms with Crippen molar-refractivity contribution in [3.63, 3.8) is 0 Å². The Morgan fingerprint density at radius 2 is 1.25 bits per heavy atom. The molecule has 168 valence electrons. The standard InChI is InChI=1S/C18H36O2.C5H10O3/c1-2-3-4-5-6-7-8-9-10-11-12-13-14-15-16-17-18(19)20;1-2-8-4-5(7)3-6/h2-17H2,1H3,(H,19,20);2,5-7H,1,3-4H2. The summed E-state index contributed by atoms with van der Waals surface area (Å²) < 4.78 is 4.54. The number of unbranched alkanes of at least 4 members (excludes halogenated alkanes) is 14. The number of rotatable bonds is 20. The van der Waals surface area contributed by atoms with E-state index in [9.17, 15) is 4.79 Å². The molecular weight excluding hydrogens is 356 g/mol. The average molecular weight is 403 g/mol. The van der Waals surface area contributed by atoms with Gasteiger partial charge in [-0.15, -0.1) is 0 Å². The number of carboxylic acids is 1. The number of ether oxygens (including phenoxy) is 1. The number of carbonyl (C=O) groups is 1. The van der Waals surface area contributed by atoms with Crippen LogP contribution in [0.15, 0.2) is 12.8 Å². The van der Waals surface area contributed by atoms with E-state index >= 15 is 0 Å². The summed E-state index contributed by atoms with van der Waals surface area (Å²) in [5, 5.41) is 25.3. The van der Waals surface area contributed by atoms with Gasteiger partial charge in [0.15, 0.2) is 0 Å². The maximum atomic E-state index is 10.3. The van der Waals surface area contributed by atoms with Gasteiger partial charge in [-0.05, 0) is 6.42 Å². The van der Waals surface area contributed by atoms with Gasteiger partial charge >= 0.3 is 5.97 Å². The highest BCUT2D eigenvalue weighted by Crippen LogP contribution is 2.13. The van der Waals surface area contributed by atoms with Gasteiger partial charge in [0.25, 0.3) is 0 Å². The lowest BCUT2D eigenvalue weighted by Gasteiger charge is -2.03. The van der Waals surface area contributed by atoms with Gasteiger partial charge in [0.05, 0.1) is 12.9 Å². The molecule has 0 saturated carbocycles. The minimum absolute atomic E-state index is 0.111. The number of hydrogen-bond acceptors (Lipinski definition) is 4. The van der Waals surface area contributed by atoms with E-state index in [1.54, 1.807) is 0 Å². The second-order valence-corrected chi connectivity index (χ2v) is 7.43. The Bertz CT molecular complexity index is 320. The molecule has 0 fully saturated rings. The quantitative estimate of drug-likeness (QED) is 0.176. The topological polar surface area (TPSA) is 87.0 Å². The first-order valence-corrected chi connectivity index (χ1v) is 11.3. The van der Waals surface area contributed by atoms with Crippen LogP contribution in [-0.4, -0.2) is 40.6 Å². The molecule has 0 rings (SSSR count). The smallest absolute Gasteiger partial charge is 0.303 e. The molecule has 0 aliphatic rings. The lowest BCUT2D eigenvalue weighted by Crippen LogP contribution is -2.17. The molecule has 1 atom stereocenters. The molecule has 0 bridgehead atoms. The van der Waals surface area contributed by atoms with Crippen LogP contribution in [0.2, 0.25) is 0 Å².